The van der Waals surface area contributed by atoms with Gasteiger partial charge in [-0.15, -0.1) is 0 Å². The Morgan fingerprint density at radius 3 is 2.94 bits per heavy atom. The summed E-state index contributed by atoms with van der Waals surface area (Å²) in [6.07, 6.45) is 5.05. The molecule has 4 rings (SSSR count). The Morgan fingerprint density at radius 2 is 2.19 bits per heavy atom. The maximum Gasteiger partial charge on any atom is 0.310 e. The van der Waals surface area contributed by atoms with Crippen LogP contribution in [-0.2, 0) is 14.3 Å². The fourth-order valence-electron chi connectivity index (χ4n) is 4.55. The van der Waals surface area contributed by atoms with Crippen LogP contribution in [0.4, 0.5) is 0 Å². The van der Waals surface area contributed by atoms with E-state index < -0.39 is 11.9 Å². The smallest absolute Gasteiger partial charge is 0.310 e. The number of ether oxygens (including phenoxy) is 1. The Balaban J connectivity index is 1.85. The summed E-state index contributed by atoms with van der Waals surface area (Å²) in [7, 11) is 0. The van der Waals surface area contributed by atoms with Gasteiger partial charge in [0.1, 0.15) is 6.10 Å². The van der Waals surface area contributed by atoms with Crippen LogP contribution < -0.4 is 0 Å². The van der Waals surface area contributed by atoms with Gasteiger partial charge < -0.3 is 9.84 Å². The van der Waals surface area contributed by atoms with Gasteiger partial charge in [-0.2, -0.15) is 0 Å². The second-order valence-corrected chi connectivity index (χ2v) is 5.38. The van der Waals surface area contributed by atoms with Crippen LogP contribution in [-0.4, -0.2) is 23.1 Å². The Kier molecular flexibility index (Phi) is 1.37. The predicted molar refractivity (Wildman–Crippen MR) is 52.2 cm³/mol. The van der Waals surface area contributed by atoms with Gasteiger partial charge in [-0.1, -0.05) is 12.2 Å². The molecule has 1 N–H and O–H groups in total. The standard InChI is InChI=1S/C12H12O4/c13-11(14)8-5-2-1-4-3-6-9(7(4)5)10(8)12(15)16-6/h1-2,4-10H,3H2,(H,13,14)/t4?,5?,6?,7?,8-,9?,10-/m0/s1. The third kappa shape index (κ3) is 0.761. The van der Waals surface area contributed by atoms with Crippen molar-refractivity contribution in [2.75, 3.05) is 0 Å². The van der Waals surface area contributed by atoms with E-state index in [4.69, 9.17) is 4.74 Å². The molecule has 3 fully saturated rings. The van der Waals surface area contributed by atoms with Gasteiger partial charge in [0.2, 0.25) is 0 Å². The minimum absolute atomic E-state index is 0.00991. The van der Waals surface area contributed by atoms with Crippen molar-refractivity contribution in [2.45, 2.75) is 12.5 Å². The molecule has 0 amide bonds. The van der Waals surface area contributed by atoms with Crippen LogP contribution in [0.5, 0.6) is 0 Å². The molecule has 84 valence electrons. The van der Waals surface area contributed by atoms with Gasteiger partial charge in [0.05, 0.1) is 11.8 Å². The van der Waals surface area contributed by atoms with Crippen molar-refractivity contribution in [1.82, 2.24) is 0 Å². The van der Waals surface area contributed by atoms with E-state index in [0.717, 1.165) is 6.42 Å². The summed E-state index contributed by atoms with van der Waals surface area (Å²) in [5.74, 6) is -1.02. The molecule has 4 aliphatic rings. The molecule has 7 atom stereocenters. The van der Waals surface area contributed by atoms with E-state index in [9.17, 15) is 14.7 Å². The van der Waals surface area contributed by atoms with E-state index in [1.54, 1.807) is 0 Å². The Hall–Kier alpha value is -1.32. The Bertz CT molecular complexity index is 427. The Labute approximate surface area is 92.3 Å². The molecule has 0 aromatic rings. The molecule has 1 aliphatic heterocycles. The molecule has 3 aliphatic carbocycles. The minimum Gasteiger partial charge on any atom is -0.481 e. The maximum atomic E-state index is 11.7. The highest BCUT2D eigenvalue weighted by atomic mass is 16.6. The van der Waals surface area contributed by atoms with E-state index in [1.165, 1.54) is 0 Å². The average Bonchev–Trinajstić information content (AvgIpc) is 2.84. The minimum atomic E-state index is -0.840. The highest BCUT2D eigenvalue weighted by molar-refractivity contribution is 5.85. The summed E-state index contributed by atoms with van der Waals surface area (Å²) in [6.45, 7) is 0. The summed E-state index contributed by atoms with van der Waals surface area (Å²) < 4.78 is 5.32. The molecule has 0 bridgehead atoms. The maximum absolute atomic E-state index is 11.7. The first-order chi connectivity index (χ1) is 7.68. The van der Waals surface area contributed by atoms with Crippen molar-refractivity contribution in [3.8, 4) is 0 Å². The lowest BCUT2D eigenvalue weighted by Crippen LogP contribution is -2.28. The van der Waals surface area contributed by atoms with Crippen molar-refractivity contribution < 1.29 is 19.4 Å². The van der Waals surface area contributed by atoms with Crippen molar-refractivity contribution in [1.29, 1.82) is 0 Å². The highest BCUT2D eigenvalue weighted by Gasteiger charge is 2.68. The van der Waals surface area contributed by atoms with Gasteiger partial charge >= 0.3 is 11.9 Å². The molecule has 5 unspecified atom stereocenters. The van der Waals surface area contributed by atoms with Gasteiger partial charge in [-0.3, -0.25) is 9.59 Å². The van der Waals surface area contributed by atoms with Crippen LogP contribution in [0.2, 0.25) is 0 Å². The first kappa shape index (κ1) is 8.79. The normalized spacial score (nSPS) is 55.5. The zero-order chi connectivity index (χ0) is 11.0. The second kappa shape index (κ2) is 2.50. The molecular formula is C12H12O4. The Morgan fingerprint density at radius 1 is 1.38 bits per heavy atom. The van der Waals surface area contributed by atoms with Crippen LogP contribution in [0.15, 0.2) is 12.2 Å². The zero-order valence-electron chi connectivity index (χ0n) is 8.58. The third-order valence-corrected chi connectivity index (χ3v) is 4.94. The van der Waals surface area contributed by atoms with E-state index in [-0.39, 0.29) is 29.8 Å². The molecule has 4 heteroatoms. The van der Waals surface area contributed by atoms with E-state index in [0.29, 0.717) is 11.8 Å². The first-order valence-corrected chi connectivity index (χ1v) is 5.80. The highest BCUT2D eigenvalue weighted by Crippen LogP contribution is 2.63. The van der Waals surface area contributed by atoms with Gasteiger partial charge in [0.25, 0.3) is 0 Å². The number of carboxylic acids is 1. The summed E-state index contributed by atoms with van der Waals surface area (Å²) in [6, 6.07) is 0. The fraction of sp³-hybridized carbons (Fsp3) is 0.667. The van der Waals surface area contributed by atoms with Crippen LogP contribution in [0, 0.1) is 35.5 Å². The molecule has 0 aromatic heterocycles. The van der Waals surface area contributed by atoms with Crippen LogP contribution in [0.25, 0.3) is 0 Å². The number of carboxylic acid groups (broad SMARTS) is 1. The van der Waals surface area contributed by atoms with Crippen LogP contribution in [0.3, 0.4) is 0 Å². The lowest BCUT2D eigenvalue weighted by Gasteiger charge is -2.16. The number of aliphatic carboxylic acids is 1. The van der Waals surface area contributed by atoms with Gasteiger partial charge in [-0.25, -0.2) is 0 Å². The van der Waals surface area contributed by atoms with Gasteiger partial charge in [0.15, 0.2) is 0 Å². The summed E-state index contributed by atoms with van der Waals surface area (Å²) in [5.41, 5.74) is 0. The molecule has 0 radical (unpaired) electrons. The first-order valence-electron chi connectivity index (χ1n) is 5.80. The number of carbonyl (C=O) groups is 2. The molecule has 1 heterocycles. The molecule has 4 nitrogen and oxygen atoms in total. The van der Waals surface area contributed by atoms with E-state index in [2.05, 4.69) is 6.08 Å². The summed E-state index contributed by atoms with van der Waals surface area (Å²) in [4.78, 5) is 23.0. The van der Waals surface area contributed by atoms with E-state index >= 15 is 0 Å². The van der Waals surface area contributed by atoms with Crippen molar-refractivity contribution in [2.24, 2.45) is 35.5 Å². The van der Waals surface area contributed by atoms with Crippen LogP contribution >= 0.6 is 0 Å². The molecule has 2 saturated carbocycles. The number of esters is 1. The average molecular weight is 220 g/mol. The topological polar surface area (TPSA) is 63.6 Å². The quantitative estimate of drug-likeness (QED) is 0.521. The second-order valence-electron chi connectivity index (χ2n) is 5.38. The molecular weight excluding hydrogens is 208 g/mol. The molecule has 0 spiro atoms. The number of carbonyl (C=O) groups excluding carboxylic acids is 1. The van der Waals surface area contributed by atoms with Crippen molar-refractivity contribution in [3.63, 3.8) is 0 Å². The molecule has 16 heavy (non-hydrogen) atoms. The third-order valence-electron chi connectivity index (χ3n) is 4.94. The SMILES string of the molecule is O=C1OC2CC3C=CC4C3C2[C@@H]1[C@H]4C(=O)O. The predicted octanol–water partition coefficient (Wildman–Crippen LogP) is 0.681. The monoisotopic (exact) mass is 220 g/mol. The van der Waals surface area contributed by atoms with Gasteiger partial charge in [0, 0.05) is 5.92 Å². The lowest BCUT2D eigenvalue weighted by molar-refractivity contribution is -0.153. The number of allylic oxidation sites excluding steroid dienone is 2. The van der Waals surface area contributed by atoms with Crippen molar-refractivity contribution in [3.05, 3.63) is 12.2 Å². The largest absolute Gasteiger partial charge is 0.481 e. The molecule has 0 aromatic carbocycles. The lowest BCUT2D eigenvalue weighted by atomic mass is 9.87. The summed E-state index contributed by atoms with van der Waals surface area (Å²) in [5, 5.41) is 9.28. The zero-order valence-corrected chi connectivity index (χ0v) is 8.58. The number of rotatable bonds is 1. The summed E-state index contributed by atoms with van der Waals surface area (Å²) >= 11 is 0. The number of hydrogen-bond acceptors (Lipinski definition) is 3. The van der Waals surface area contributed by atoms with Crippen molar-refractivity contribution >= 4 is 11.9 Å². The molecule has 1 saturated heterocycles. The van der Waals surface area contributed by atoms with Gasteiger partial charge in [-0.05, 0) is 24.2 Å². The van der Waals surface area contributed by atoms with E-state index in [1.807, 2.05) is 6.08 Å². The number of hydrogen-bond donors (Lipinski definition) is 1. The van der Waals surface area contributed by atoms with Crippen LogP contribution in [0.1, 0.15) is 6.42 Å². The fourth-order valence-corrected chi connectivity index (χ4v) is 4.55.